The Kier molecular flexibility index (Phi) is 5.77. The molecular formula is C24H22N2O3S. The maximum Gasteiger partial charge on any atom is 0.255 e. The van der Waals surface area contributed by atoms with Crippen molar-refractivity contribution in [2.45, 2.75) is 12.3 Å². The van der Waals surface area contributed by atoms with Crippen LogP contribution in [0.25, 0.3) is 0 Å². The number of carbonyl (C=O) groups is 2. The summed E-state index contributed by atoms with van der Waals surface area (Å²) in [5.41, 5.74) is 4.34. The molecule has 1 fully saturated rings. The Labute approximate surface area is 180 Å². The van der Waals surface area contributed by atoms with Gasteiger partial charge in [0.15, 0.2) is 0 Å². The lowest BCUT2D eigenvalue weighted by Gasteiger charge is -2.24. The molecule has 0 aromatic heterocycles. The van der Waals surface area contributed by atoms with Crippen LogP contribution in [0.3, 0.4) is 0 Å². The molecular weight excluding hydrogens is 396 g/mol. The Bertz CT molecular complexity index is 1050. The van der Waals surface area contributed by atoms with Crippen molar-refractivity contribution in [1.82, 2.24) is 0 Å². The van der Waals surface area contributed by atoms with Gasteiger partial charge in [-0.25, -0.2) is 0 Å². The fourth-order valence-electron chi connectivity index (χ4n) is 3.33. The summed E-state index contributed by atoms with van der Waals surface area (Å²) in [5.74, 6) is 1.08. The number of rotatable bonds is 5. The van der Waals surface area contributed by atoms with Crippen LogP contribution in [-0.2, 0) is 4.79 Å². The third-order valence-electron chi connectivity index (χ3n) is 4.99. The number of ether oxygens (including phenoxy) is 1. The van der Waals surface area contributed by atoms with E-state index in [1.54, 1.807) is 43.1 Å². The van der Waals surface area contributed by atoms with Crippen LogP contribution in [0, 0.1) is 6.92 Å². The number of hydrogen-bond donors (Lipinski definition) is 1. The van der Waals surface area contributed by atoms with Crippen LogP contribution in [0.2, 0.25) is 0 Å². The van der Waals surface area contributed by atoms with Crippen molar-refractivity contribution in [3.8, 4) is 5.75 Å². The maximum absolute atomic E-state index is 12.5. The number of hydrogen-bond acceptors (Lipinski definition) is 4. The van der Waals surface area contributed by atoms with Gasteiger partial charge in [-0.3, -0.25) is 14.5 Å². The first-order valence-corrected chi connectivity index (χ1v) is 10.7. The number of thioether (sulfide) groups is 1. The van der Waals surface area contributed by atoms with E-state index in [1.807, 2.05) is 60.4 Å². The van der Waals surface area contributed by atoms with Crippen molar-refractivity contribution in [1.29, 1.82) is 0 Å². The summed E-state index contributed by atoms with van der Waals surface area (Å²) < 4.78 is 5.12. The monoisotopic (exact) mass is 418 g/mol. The standard InChI is InChI=1S/C24H22N2O3S/c1-16-3-11-20(12-4-16)26-22(27)15-30-24(26)18-5-9-19(10-6-18)25-23(28)17-7-13-21(29-2)14-8-17/h3-14,24H,15H2,1-2H3,(H,25,28)/t24-/m1/s1. The first-order chi connectivity index (χ1) is 14.5. The van der Waals surface area contributed by atoms with E-state index in [-0.39, 0.29) is 17.2 Å². The maximum atomic E-state index is 12.5. The molecule has 1 heterocycles. The fraction of sp³-hybridized carbons (Fsp3) is 0.167. The number of nitrogens with zero attached hydrogens (tertiary/aromatic N) is 1. The molecule has 0 radical (unpaired) electrons. The quantitative estimate of drug-likeness (QED) is 0.631. The van der Waals surface area contributed by atoms with Gasteiger partial charge >= 0.3 is 0 Å². The van der Waals surface area contributed by atoms with Crippen molar-refractivity contribution in [3.05, 3.63) is 89.5 Å². The van der Waals surface area contributed by atoms with E-state index in [2.05, 4.69) is 5.32 Å². The number of carbonyl (C=O) groups excluding carboxylic acids is 2. The summed E-state index contributed by atoms with van der Waals surface area (Å²) in [7, 11) is 1.59. The molecule has 1 aliphatic rings. The van der Waals surface area contributed by atoms with Gasteiger partial charge in [0.1, 0.15) is 11.1 Å². The molecule has 30 heavy (non-hydrogen) atoms. The molecule has 152 valence electrons. The van der Waals surface area contributed by atoms with Gasteiger partial charge in [0.05, 0.1) is 12.9 Å². The minimum Gasteiger partial charge on any atom is -0.497 e. The molecule has 0 bridgehead atoms. The number of benzene rings is 3. The average molecular weight is 419 g/mol. The Morgan fingerprint density at radius 3 is 2.30 bits per heavy atom. The number of amides is 2. The second kappa shape index (κ2) is 8.63. The predicted octanol–water partition coefficient (Wildman–Crippen LogP) is 5.03. The van der Waals surface area contributed by atoms with Crippen molar-refractivity contribution in [3.63, 3.8) is 0 Å². The largest absolute Gasteiger partial charge is 0.497 e. The average Bonchev–Trinajstić information content (AvgIpc) is 3.16. The third-order valence-corrected chi connectivity index (χ3v) is 6.20. The second-order valence-corrected chi connectivity index (χ2v) is 8.14. The van der Waals surface area contributed by atoms with Crippen molar-refractivity contribution in [2.24, 2.45) is 0 Å². The van der Waals surface area contributed by atoms with Gasteiger partial charge in [0, 0.05) is 16.9 Å². The van der Waals surface area contributed by atoms with Gasteiger partial charge in [-0.05, 0) is 61.0 Å². The normalized spacial score (nSPS) is 15.9. The molecule has 0 unspecified atom stereocenters. The molecule has 2 amide bonds. The minimum absolute atomic E-state index is 0.0773. The fourth-order valence-corrected chi connectivity index (χ4v) is 4.51. The highest BCUT2D eigenvalue weighted by atomic mass is 32.2. The zero-order chi connectivity index (χ0) is 21.1. The lowest BCUT2D eigenvalue weighted by atomic mass is 10.1. The highest BCUT2D eigenvalue weighted by Crippen LogP contribution is 2.41. The molecule has 0 spiro atoms. The summed E-state index contributed by atoms with van der Waals surface area (Å²) in [6, 6.07) is 22.6. The van der Waals surface area contributed by atoms with Crippen molar-refractivity contribution < 1.29 is 14.3 Å². The third kappa shape index (κ3) is 4.19. The van der Waals surface area contributed by atoms with Crippen LogP contribution in [0.15, 0.2) is 72.8 Å². The predicted molar refractivity (Wildman–Crippen MR) is 121 cm³/mol. The Balaban J connectivity index is 1.49. The lowest BCUT2D eigenvalue weighted by molar-refractivity contribution is -0.115. The van der Waals surface area contributed by atoms with E-state index in [9.17, 15) is 9.59 Å². The van der Waals surface area contributed by atoms with Gasteiger partial charge in [-0.15, -0.1) is 11.8 Å². The summed E-state index contributed by atoms with van der Waals surface area (Å²) in [4.78, 5) is 26.8. The number of aryl methyl sites for hydroxylation is 1. The van der Waals surface area contributed by atoms with Gasteiger partial charge in [-0.1, -0.05) is 29.8 Å². The molecule has 1 atom stereocenters. The molecule has 1 saturated heterocycles. The molecule has 5 nitrogen and oxygen atoms in total. The van der Waals surface area contributed by atoms with E-state index >= 15 is 0 Å². The first kappa shape index (κ1) is 20.0. The number of nitrogens with one attached hydrogen (secondary N) is 1. The Morgan fingerprint density at radius 2 is 1.67 bits per heavy atom. The molecule has 0 aliphatic carbocycles. The van der Waals surface area contributed by atoms with Crippen LogP contribution in [0.5, 0.6) is 5.75 Å². The second-order valence-electron chi connectivity index (χ2n) is 7.07. The van der Waals surface area contributed by atoms with Gasteiger partial charge < -0.3 is 10.1 Å². The van der Waals surface area contributed by atoms with Crippen LogP contribution in [0.4, 0.5) is 11.4 Å². The molecule has 1 N–H and O–H groups in total. The topological polar surface area (TPSA) is 58.6 Å². The Morgan fingerprint density at radius 1 is 1.00 bits per heavy atom. The van der Waals surface area contributed by atoms with E-state index in [4.69, 9.17) is 4.74 Å². The number of anilines is 2. The van der Waals surface area contributed by atoms with E-state index in [0.29, 0.717) is 22.8 Å². The zero-order valence-corrected chi connectivity index (χ0v) is 17.6. The molecule has 3 aromatic rings. The van der Waals surface area contributed by atoms with Gasteiger partial charge in [-0.2, -0.15) is 0 Å². The summed E-state index contributed by atoms with van der Waals surface area (Å²) in [6.07, 6.45) is 0. The highest BCUT2D eigenvalue weighted by molar-refractivity contribution is 8.00. The van der Waals surface area contributed by atoms with Crippen LogP contribution < -0.4 is 15.0 Å². The Hall–Kier alpha value is -3.25. The van der Waals surface area contributed by atoms with E-state index in [1.165, 1.54) is 0 Å². The van der Waals surface area contributed by atoms with Crippen LogP contribution >= 0.6 is 11.8 Å². The zero-order valence-electron chi connectivity index (χ0n) is 16.8. The minimum atomic E-state index is -0.183. The highest BCUT2D eigenvalue weighted by Gasteiger charge is 2.33. The van der Waals surface area contributed by atoms with Crippen molar-refractivity contribution in [2.75, 3.05) is 23.1 Å². The van der Waals surface area contributed by atoms with E-state index < -0.39 is 0 Å². The first-order valence-electron chi connectivity index (χ1n) is 9.61. The summed E-state index contributed by atoms with van der Waals surface area (Å²) in [5, 5.41) is 2.83. The number of methoxy groups -OCH3 is 1. The van der Waals surface area contributed by atoms with E-state index in [0.717, 1.165) is 16.8 Å². The smallest absolute Gasteiger partial charge is 0.255 e. The molecule has 1 aliphatic heterocycles. The molecule has 4 rings (SSSR count). The summed E-state index contributed by atoms with van der Waals surface area (Å²) in [6.45, 7) is 2.03. The van der Waals surface area contributed by atoms with Gasteiger partial charge in [0.2, 0.25) is 5.91 Å². The molecule has 3 aromatic carbocycles. The van der Waals surface area contributed by atoms with Crippen LogP contribution in [-0.4, -0.2) is 24.7 Å². The van der Waals surface area contributed by atoms with Gasteiger partial charge in [0.25, 0.3) is 5.91 Å². The van der Waals surface area contributed by atoms with Crippen LogP contribution in [0.1, 0.15) is 26.9 Å². The lowest BCUT2D eigenvalue weighted by Crippen LogP contribution is -2.27. The SMILES string of the molecule is COc1ccc(C(=O)Nc2ccc([C@H]3SCC(=O)N3c3ccc(C)cc3)cc2)cc1. The molecule has 6 heteroatoms. The molecule has 0 saturated carbocycles. The summed E-state index contributed by atoms with van der Waals surface area (Å²) >= 11 is 1.61. The van der Waals surface area contributed by atoms with Crippen molar-refractivity contribution >= 4 is 35.0 Å².